The monoisotopic (exact) mass is 341 g/mol. The van der Waals surface area contributed by atoms with Crippen molar-refractivity contribution in [2.24, 2.45) is 0 Å². The lowest BCUT2D eigenvalue weighted by Gasteiger charge is -2.32. The number of rotatable bonds is 6. The summed E-state index contributed by atoms with van der Waals surface area (Å²) in [6, 6.07) is 5.23. The Morgan fingerprint density at radius 1 is 1.35 bits per heavy atom. The third kappa shape index (κ3) is 5.18. The molecule has 1 aromatic rings. The van der Waals surface area contributed by atoms with E-state index < -0.39 is 9.84 Å². The minimum Gasteiger partial charge on any atom is -0.376 e. The number of nitro groups is 1. The summed E-state index contributed by atoms with van der Waals surface area (Å²) >= 11 is 0. The van der Waals surface area contributed by atoms with Gasteiger partial charge in [-0.2, -0.15) is 0 Å². The molecule has 1 N–H and O–H groups in total. The largest absolute Gasteiger partial charge is 0.376 e. The molecule has 0 aliphatic carbocycles. The third-order valence-electron chi connectivity index (χ3n) is 4.16. The second-order valence-electron chi connectivity index (χ2n) is 6.12. The number of nitrogens with one attached hydrogen (secondary N) is 1. The van der Waals surface area contributed by atoms with E-state index in [0.717, 1.165) is 31.5 Å². The van der Waals surface area contributed by atoms with Gasteiger partial charge in [-0.15, -0.1) is 0 Å². The second kappa shape index (κ2) is 7.27. The smallest absolute Gasteiger partial charge is 0.292 e. The Hall–Kier alpha value is -1.67. The summed E-state index contributed by atoms with van der Waals surface area (Å²) in [5.41, 5.74) is 1.55. The Bertz CT molecular complexity index is 667. The average molecular weight is 341 g/mol. The number of anilines is 1. The molecular weight excluding hydrogens is 318 g/mol. The van der Waals surface area contributed by atoms with Crippen molar-refractivity contribution in [2.45, 2.75) is 25.8 Å². The molecule has 1 aromatic carbocycles. The van der Waals surface area contributed by atoms with E-state index in [1.165, 1.54) is 12.3 Å². The van der Waals surface area contributed by atoms with Crippen LogP contribution >= 0.6 is 0 Å². The van der Waals surface area contributed by atoms with Crippen LogP contribution in [0.5, 0.6) is 0 Å². The lowest BCUT2D eigenvalue weighted by atomic mass is 10.0. The summed E-state index contributed by atoms with van der Waals surface area (Å²) in [6.45, 7) is 4.01. The molecule has 0 saturated carbocycles. The molecule has 1 aliphatic rings. The SMILES string of the molecule is Cc1cccc([N+](=O)[O-])c1NC1CCN(CCS(C)(=O)=O)CC1. The van der Waals surface area contributed by atoms with Crippen LogP contribution in [0.2, 0.25) is 0 Å². The molecular formula is C15H23N3O4S. The topological polar surface area (TPSA) is 92.6 Å². The minimum absolute atomic E-state index is 0.101. The van der Waals surface area contributed by atoms with E-state index in [-0.39, 0.29) is 22.4 Å². The molecule has 0 unspecified atom stereocenters. The molecule has 23 heavy (non-hydrogen) atoms. The molecule has 1 heterocycles. The highest BCUT2D eigenvalue weighted by Crippen LogP contribution is 2.29. The number of para-hydroxylation sites is 1. The van der Waals surface area contributed by atoms with Gasteiger partial charge in [0.2, 0.25) is 0 Å². The Morgan fingerprint density at radius 3 is 2.57 bits per heavy atom. The summed E-state index contributed by atoms with van der Waals surface area (Å²) < 4.78 is 22.4. The number of aryl methyl sites for hydroxylation is 1. The van der Waals surface area contributed by atoms with Crippen LogP contribution in [0.4, 0.5) is 11.4 Å². The summed E-state index contributed by atoms with van der Waals surface area (Å²) in [4.78, 5) is 12.9. The quantitative estimate of drug-likeness (QED) is 0.627. The molecule has 2 rings (SSSR count). The molecule has 1 aliphatic heterocycles. The van der Waals surface area contributed by atoms with Gasteiger partial charge in [-0.3, -0.25) is 10.1 Å². The number of hydrogen-bond donors (Lipinski definition) is 1. The Morgan fingerprint density at radius 2 is 2.00 bits per heavy atom. The predicted octanol–water partition coefficient (Wildman–Crippen LogP) is 1.82. The van der Waals surface area contributed by atoms with Crippen LogP contribution in [-0.4, -0.2) is 55.9 Å². The van der Waals surface area contributed by atoms with Crippen LogP contribution in [0.1, 0.15) is 18.4 Å². The van der Waals surface area contributed by atoms with Gasteiger partial charge in [-0.05, 0) is 25.3 Å². The first-order valence-electron chi connectivity index (χ1n) is 7.67. The Kier molecular flexibility index (Phi) is 5.59. The van der Waals surface area contributed by atoms with Crippen molar-refractivity contribution in [3.05, 3.63) is 33.9 Å². The standard InChI is InChI=1S/C15H23N3O4S/c1-12-4-3-5-14(18(19)20)15(12)16-13-6-8-17(9-7-13)10-11-23(2,21)22/h3-5,13,16H,6-11H2,1-2H3. The van der Waals surface area contributed by atoms with Gasteiger partial charge in [-0.25, -0.2) is 8.42 Å². The lowest BCUT2D eigenvalue weighted by Crippen LogP contribution is -2.41. The summed E-state index contributed by atoms with van der Waals surface area (Å²) in [5.74, 6) is 0.175. The minimum atomic E-state index is -2.94. The van der Waals surface area contributed by atoms with Crippen molar-refractivity contribution in [1.82, 2.24) is 4.90 Å². The maximum absolute atomic E-state index is 11.2. The fourth-order valence-corrected chi connectivity index (χ4v) is 3.38. The second-order valence-corrected chi connectivity index (χ2v) is 8.38. The van der Waals surface area contributed by atoms with Crippen molar-refractivity contribution in [3.8, 4) is 0 Å². The van der Waals surface area contributed by atoms with Gasteiger partial charge < -0.3 is 10.2 Å². The molecule has 0 atom stereocenters. The first-order chi connectivity index (χ1) is 10.8. The average Bonchev–Trinajstić information content (AvgIpc) is 2.47. The van der Waals surface area contributed by atoms with Crippen molar-refractivity contribution in [2.75, 3.05) is 37.0 Å². The van der Waals surface area contributed by atoms with Gasteiger partial charge in [0.1, 0.15) is 15.5 Å². The molecule has 1 fully saturated rings. The van der Waals surface area contributed by atoms with Gasteiger partial charge in [0, 0.05) is 38.0 Å². The molecule has 0 bridgehead atoms. The van der Waals surface area contributed by atoms with E-state index >= 15 is 0 Å². The van der Waals surface area contributed by atoms with Crippen molar-refractivity contribution < 1.29 is 13.3 Å². The van der Waals surface area contributed by atoms with Gasteiger partial charge in [0.25, 0.3) is 5.69 Å². The van der Waals surface area contributed by atoms with Crippen molar-refractivity contribution >= 4 is 21.2 Å². The number of nitro benzene ring substituents is 1. The molecule has 0 radical (unpaired) electrons. The number of likely N-dealkylation sites (tertiary alicyclic amines) is 1. The normalized spacial score (nSPS) is 17.1. The molecule has 0 aromatic heterocycles. The molecule has 8 heteroatoms. The van der Waals surface area contributed by atoms with Crippen molar-refractivity contribution in [3.63, 3.8) is 0 Å². The van der Waals surface area contributed by atoms with E-state index in [4.69, 9.17) is 0 Å². The fourth-order valence-electron chi connectivity index (χ4n) is 2.79. The molecule has 7 nitrogen and oxygen atoms in total. The highest BCUT2D eigenvalue weighted by molar-refractivity contribution is 7.90. The van der Waals surface area contributed by atoms with Crippen LogP contribution in [0.3, 0.4) is 0 Å². The van der Waals surface area contributed by atoms with Crippen LogP contribution in [0.15, 0.2) is 18.2 Å². The molecule has 0 amide bonds. The van der Waals surface area contributed by atoms with Crippen molar-refractivity contribution in [1.29, 1.82) is 0 Å². The lowest BCUT2D eigenvalue weighted by molar-refractivity contribution is -0.384. The summed E-state index contributed by atoms with van der Waals surface area (Å²) in [7, 11) is -2.94. The Labute approximate surface area is 136 Å². The molecule has 1 saturated heterocycles. The Balaban J connectivity index is 1.94. The van der Waals surface area contributed by atoms with E-state index in [2.05, 4.69) is 10.2 Å². The van der Waals surface area contributed by atoms with E-state index in [1.807, 2.05) is 13.0 Å². The van der Waals surface area contributed by atoms with Gasteiger partial charge in [0.05, 0.1) is 10.7 Å². The highest BCUT2D eigenvalue weighted by atomic mass is 32.2. The van der Waals surface area contributed by atoms with Crippen LogP contribution in [0.25, 0.3) is 0 Å². The maximum Gasteiger partial charge on any atom is 0.292 e. The van der Waals surface area contributed by atoms with Gasteiger partial charge in [0.15, 0.2) is 0 Å². The third-order valence-corrected chi connectivity index (χ3v) is 5.09. The zero-order valence-electron chi connectivity index (χ0n) is 13.5. The number of piperidine rings is 1. The zero-order chi connectivity index (χ0) is 17.0. The van der Waals surface area contributed by atoms with Crippen LogP contribution in [-0.2, 0) is 9.84 Å². The first-order valence-corrected chi connectivity index (χ1v) is 9.73. The predicted molar refractivity (Wildman–Crippen MR) is 90.6 cm³/mol. The fraction of sp³-hybridized carbons (Fsp3) is 0.600. The van der Waals surface area contributed by atoms with Crippen LogP contribution in [0, 0.1) is 17.0 Å². The number of benzene rings is 1. The summed E-state index contributed by atoms with van der Waals surface area (Å²) in [6.07, 6.45) is 2.93. The number of sulfone groups is 1. The van der Waals surface area contributed by atoms with Gasteiger partial charge >= 0.3 is 0 Å². The van der Waals surface area contributed by atoms with Gasteiger partial charge in [-0.1, -0.05) is 12.1 Å². The molecule has 128 valence electrons. The highest BCUT2D eigenvalue weighted by Gasteiger charge is 2.23. The van der Waals surface area contributed by atoms with E-state index in [1.54, 1.807) is 6.07 Å². The number of hydrogen-bond acceptors (Lipinski definition) is 6. The molecule has 0 spiro atoms. The van der Waals surface area contributed by atoms with E-state index in [9.17, 15) is 18.5 Å². The van der Waals surface area contributed by atoms with E-state index in [0.29, 0.717) is 12.2 Å². The maximum atomic E-state index is 11.2. The zero-order valence-corrected chi connectivity index (χ0v) is 14.3. The summed E-state index contributed by atoms with van der Waals surface area (Å²) in [5, 5.41) is 14.5. The number of nitrogens with zero attached hydrogens (tertiary/aromatic N) is 2. The first kappa shape index (κ1) is 17.7. The van der Waals surface area contributed by atoms with Crippen LogP contribution < -0.4 is 5.32 Å².